The maximum absolute atomic E-state index is 12.7. The van der Waals surface area contributed by atoms with Crippen molar-refractivity contribution in [2.45, 2.75) is 6.92 Å². The molecule has 1 aromatic carbocycles. The van der Waals surface area contributed by atoms with Gasteiger partial charge in [0.2, 0.25) is 0 Å². The highest BCUT2D eigenvalue weighted by Gasteiger charge is 2.19. The number of halogens is 1. The van der Waals surface area contributed by atoms with E-state index in [2.05, 4.69) is 15.3 Å². The first-order valence-electron chi connectivity index (χ1n) is 7.64. The number of carbonyl (C=O) groups is 1. The second-order valence-corrected chi connectivity index (χ2v) is 6.72. The summed E-state index contributed by atoms with van der Waals surface area (Å²) in [5.41, 5.74) is 1.98. The van der Waals surface area contributed by atoms with E-state index in [0.717, 1.165) is 10.6 Å². The Hall–Kier alpha value is -2.64. The molecule has 0 spiro atoms. The number of pyridine rings is 1. The Morgan fingerprint density at radius 1 is 1.23 bits per heavy atom. The first-order valence-corrected chi connectivity index (χ1v) is 8.83. The van der Waals surface area contributed by atoms with E-state index in [1.807, 2.05) is 12.1 Å². The molecule has 26 heavy (non-hydrogen) atoms. The smallest absolute Gasteiger partial charge is 0.267 e. The van der Waals surface area contributed by atoms with Gasteiger partial charge in [-0.15, -0.1) is 11.3 Å². The summed E-state index contributed by atoms with van der Waals surface area (Å²) in [4.78, 5) is 21.8. The quantitative estimate of drug-likeness (QED) is 0.698. The van der Waals surface area contributed by atoms with Crippen LogP contribution in [0.2, 0.25) is 5.02 Å². The van der Waals surface area contributed by atoms with Crippen LogP contribution >= 0.6 is 22.9 Å². The lowest BCUT2D eigenvalue weighted by molar-refractivity contribution is 0.102. The van der Waals surface area contributed by atoms with Crippen molar-refractivity contribution in [3.63, 3.8) is 0 Å². The molecular weight excluding hydrogens is 374 g/mol. The number of carbonyl (C=O) groups excluding carboxylic acids is 1. The number of nitrogens with one attached hydrogen (secondary N) is 1. The zero-order valence-corrected chi connectivity index (χ0v) is 15.9. The number of anilines is 1. The summed E-state index contributed by atoms with van der Waals surface area (Å²) in [7, 11) is 3.01. The Morgan fingerprint density at radius 2 is 2.00 bits per heavy atom. The van der Waals surface area contributed by atoms with Crippen LogP contribution in [0.25, 0.3) is 10.6 Å². The zero-order chi connectivity index (χ0) is 18.7. The summed E-state index contributed by atoms with van der Waals surface area (Å²) in [6, 6.07) is 6.95. The van der Waals surface area contributed by atoms with Gasteiger partial charge in [-0.25, -0.2) is 4.98 Å². The number of methoxy groups -OCH3 is 2. The van der Waals surface area contributed by atoms with E-state index >= 15 is 0 Å². The van der Waals surface area contributed by atoms with Crippen molar-refractivity contribution < 1.29 is 14.3 Å². The van der Waals surface area contributed by atoms with Gasteiger partial charge in [0.15, 0.2) is 0 Å². The predicted octanol–water partition coefficient (Wildman–Crippen LogP) is 4.44. The molecule has 1 amide bonds. The van der Waals surface area contributed by atoms with Gasteiger partial charge in [0, 0.05) is 30.1 Å². The minimum absolute atomic E-state index is 0.280. The van der Waals surface area contributed by atoms with Crippen molar-refractivity contribution in [2.75, 3.05) is 19.5 Å². The SMILES string of the molecule is COc1cc(NC(=O)c2sc(-c3cccnc3)nc2C)c(OC)cc1Cl. The highest BCUT2D eigenvalue weighted by molar-refractivity contribution is 7.17. The Morgan fingerprint density at radius 3 is 2.65 bits per heavy atom. The second kappa shape index (κ2) is 7.72. The summed E-state index contributed by atoms with van der Waals surface area (Å²) in [6.45, 7) is 1.80. The van der Waals surface area contributed by atoms with E-state index in [1.165, 1.54) is 25.6 Å². The lowest BCUT2D eigenvalue weighted by Crippen LogP contribution is -2.12. The normalized spacial score (nSPS) is 10.5. The molecule has 0 atom stereocenters. The average molecular weight is 390 g/mol. The number of aromatic nitrogens is 2. The minimum atomic E-state index is -0.280. The number of thiazole rings is 1. The van der Waals surface area contributed by atoms with E-state index in [-0.39, 0.29) is 5.91 Å². The molecule has 0 saturated heterocycles. The van der Waals surface area contributed by atoms with E-state index in [1.54, 1.807) is 31.5 Å². The van der Waals surface area contributed by atoms with Crippen molar-refractivity contribution in [1.29, 1.82) is 0 Å². The van der Waals surface area contributed by atoms with Crippen LogP contribution < -0.4 is 14.8 Å². The third-order valence-corrected chi connectivity index (χ3v) is 5.13. The van der Waals surface area contributed by atoms with Crippen molar-refractivity contribution in [2.24, 2.45) is 0 Å². The second-order valence-electron chi connectivity index (χ2n) is 5.32. The van der Waals surface area contributed by atoms with E-state index in [9.17, 15) is 4.79 Å². The van der Waals surface area contributed by atoms with Gasteiger partial charge in [0.1, 0.15) is 21.4 Å². The maximum atomic E-state index is 12.7. The molecule has 1 N–H and O–H groups in total. The lowest BCUT2D eigenvalue weighted by atomic mass is 10.2. The van der Waals surface area contributed by atoms with Gasteiger partial charge in [-0.2, -0.15) is 0 Å². The molecule has 3 rings (SSSR count). The van der Waals surface area contributed by atoms with Crippen LogP contribution in [0.4, 0.5) is 5.69 Å². The van der Waals surface area contributed by atoms with Crippen LogP contribution in [0.5, 0.6) is 11.5 Å². The van der Waals surface area contributed by atoms with E-state index < -0.39 is 0 Å². The molecule has 6 nitrogen and oxygen atoms in total. The van der Waals surface area contributed by atoms with Crippen LogP contribution in [0.15, 0.2) is 36.7 Å². The van der Waals surface area contributed by atoms with Crippen LogP contribution in [0.1, 0.15) is 15.4 Å². The van der Waals surface area contributed by atoms with E-state index in [4.69, 9.17) is 21.1 Å². The molecule has 0 fully saturated rings. The zero-order valence-electron chi connectivity index (χ0n) is 14.4. The van der Waals surface area contributed by atoms with Gasteiger partial charge in [-0.1, -0.05) is 11.6 Å². The molecule has 8 heteroatoms. The minimum Gasteiger partial charge on any atom is -0.495 e. The van der Waals surface area contributed by atoms with E-state index in [0.29, 0.717) is 32.8 Å². The first-order chi connectivity index (χ1) is 12.5. The molecule has 0 unspecified atom stereocenters. The monoisotopic (exact) mass is 389 g/mol. The third kappa shape index (κ3) is 3.63. The summed E-state index contributed by atoms with van der Waals surface area (Å²) < 4.78 is 10.5. The number of nitrogens with zero attached hydrogens (tertiary/aromatic N) is 2. The molecule has 0 radical (unpaired) electrons. The number of rotatable bonds is 5. The molecule has 0 aliphatic carbocycles. The highest BCUT2D eigenvalue weighted by atomic mass is 35.5. The molecule has 0 aliphatic heterocycles. The summed E-state index contributed by atoms with van der Waals surface area (Å²) in [5.74, 6) is 0.608. The lowest BCUT2D eigenvalue weighted by Gasteiger charge is -2.12. The number of ether oxygens (including phenoxy) is 2. The van der Waals surface area contributed by atoms with Crippen molar-refractivity contribution >= 4 is 34.5 Å². The Bertz CT molecular complexity index is 944. The Labute approximate surface area is 159 Å². The number of hydrogen-bond acceptors (Lipinski definition) is 6. The van der Waals surface area contributed by atoms with Crippen molar-refractivity contribution in [3.8, 4) is 22.1 Å². The van der Waals surface area contributed by atoms with Crippen LogP contribution in [0, 0.1) is 6.92 Å². The molecule has 2 heterocycles. The molecule has 3 aromatic rings. The first kappa shape index (κ1) is 18.2. The average Bonchev–Trinajstić information content (AvgIpc) is 3.05. The molecule has 0 saturated carbocycles. The van der Waals surface area contributed by atoms with Crippen molar-refractivity contribution in [1.82, 2.24) is 9.97 Å². The van der Waals surface area contributed by atoms with Gasteiger partial charge in [0.25, 0.3) is 5.91 Å². The fourth-order valence-electron chi connectivity index (χ4n) is 2.36. The fourth-order valence-corrected chi connectivity index (χ4v) is 3.54. The third-order valence-electron chi connectivity index (χ3n) is 3.63. The number of amides is 1. The Balaban J connectivity index is 1.91. The van der Waals surface area contributed by atoms with Crippen LogP contribution in [-0.2, 0) is 0 Å². The summed E-state index contributed by atoms with van der Waals surface area (Å²) >= 11 is 7.40. The van der Waals surface area contributed by atoms with Gasteiger partial charge in [0.05, 0.1) is 30.6 Å². The largest absolute Gasteiger partial charge is 0.495 e. The van der Waals surface area contributed by atoms with Crippen LogP contribution in [-0.4, -0.2) is 30.1 Å². The van der Waals surface area contributed by atoms with Crippen molar-refractivity contribution in [3.05, 3.63) is 52.3 Å². The molecule has 134 valence electrons. The van der Waals surface area contributed by atoms with Gasteiger partial charge < -0.3 is 14.8 Å². The predicted molar refractivity (Wildman–Crippen MR) is 103 cm³/mol. The fraction of sp³-hybridized carbons (Fsp3) is 0.167. The molecular formula is C18H16ClN3O3S. The number of hydrogen-bond donors (Lipinski definition) is 1. The van der Waals surface area contributed by atoms with Gasteiger partial charge in [-0.3, -0.25) is 9.78 Å². The molecule has 0 aliphatic rings. The molecule has 2 aromatic heterocycles. The van der Waals surface area contributed by atoms with Gasteiger partial charge in [-0.05, 0) is 19.1 Å². The van der Waals surface area contributed by atoms with Crippen LogP contribution in [0.3, 0.4) is 0 Å². The topological polar surface area (TPSA) is 73.3 Å². The summed E-state index contributed by atoms with van der Waals surface area (Å²) in [5, 5.41) is 3.97. The number of aryl methyl sites for hydroxylation is 1. The standard InChI is InChI=1S/C18H16ClN3O3S/c1-10-16(26-18(21-10)11-5-4-6-20-9-11)17(23)22-13-8-14(24-2)12(19)7-15(13)25-3/h4-9H,1-3H3,(H,22,23). The Kier molecular flexibility index (Phi) is 5.39. The highest BCUT2D eigenvalue weighted by Crippen LogP contribution is 2.36. The molecule has 0 bridgehead atoms. The number of benzene rings is 1. The van der Waals surface area contributed by atoms with Gasteiger partial charge >= 0.3 is 0 Å². The summed E-state index contributed by atoms with van der Waals surface area (Å²) in [6.07, 6.45) is 3.41. The maximum Gasteiger partial charge on any atom is 0.267 e.